The summed E-state index contributed by atoms with van der Waals surface area (Å²) >= 11 is 0. The topological polar surface area (TPSA) is 119 Å². The SMILES string of the molecule is Cc1ncoc1COc1ccc2c(c1)CCN(C[C@@H](O)CNC(=O)c1cc(NC3CCC3)nc(N3CCN(C(C)(C)C)CC3)c1)C2. The number of fused-ring (bicyclic) bond motifs is 1. The van der Waals surface area contributed by atoms with Crippen LogP contribution < -0.4 is 20.3 Å². The van der Waals surface area contributed by atoms with Gasteiger partial charge in [-0.1, -0.05) is 6.07 Å². The van der Waals surface area contributed by atoms with E-state index in [1.54, 1.807) is 0 Å². The highest BCUT2D eigenvalue weighted by atomic mass is 16.5. The Morgan fingerprint density at radius 2 is 1.91 bits per heavy atom. The summed E-state index contributed by atoms with van der Waals surface area (Å²) in [5, 5.41) is 17.4. The normalized spacial score (nSPS) is 18.5. The second-order valence-corrected chi connectivity index (χ2v) is 13.9. The molecule has 46 heavy (non-hydrogen) atoms. The Labute approximate surface area is 272 Å². The molecule has 1 aliphatic carbocycles. The van der Waals surface area contributed by atoms with E-state index in [1.807, 2.05) is 25.1 Å². The molecule has 3 aromatic rings. The number of ether oxygens (including phenoxy) is 1. The van der Waals surface area contributed by atoms with E-state index in [2.05, 4.69) is 63.2 Å². The molecule has 248 valence electrons. The van der Waals surface area contributed by atoms with Gasteiger partial charge >= 0.3 is 0 Å². The largest absolute Gasteiger partial charge is 0.486 e. The van der Waals surface area contributed by atoms with Crippen molar-refractivity contribution in [1.82, 2.24) is 25.1 Å². The molecule has 3 aliphatic rings. The molecule has 2 aromatic heterocycles. The van der Waals surface area contributed by atoms with Crippen LogP contribution in [0.1, 0.15) is 73.0 Å². The molecule has 1 aromatic carbocycles. The molecule has 11 nitrogen and oxygen atoms in total. The number of aliphatic hydroxyl groups is 1. The van der Waals surface area contributed by atoms with E-state index >= 15 is 0 Å². The first-order chi connectivity index (χ1) is 22.1. The molecule has 0 radical (unpaired) electrons. The highest BCUT2D eigenvalue weighted by Gasteiger charge is 2.28. The van der Waals surface area contributed by atoms with Crippen LogP contribution in [0.2, 0.25) is 0 Å². The van der Waals surface area contributed by atoms with Crippen LogP contribution in [0.25, 0.3) is 0 Å². The second-order valence-electron chi connectivity index (χ2n) is 13.9. The highest BCUT2D eigenvalue weighted by molar-refractivity contribution is 5.95. The Bertz CT molecular complexity index is 1490. The van der Waals surface area contributed by atoms with Gasteiger partial charge in [-0.3, -0.25) is 14.6 Å². The van der Waals surface area contributed by atoms with Crippen molar-refractivity contribution in [3.8, 4) is 5.75 Å². The third kappa shape index (κ3) is 8.00. The molecule has 1 saturated heterocycles. The summed E-state index contributed by atoms with van der Waals surface area (Å²) < 4.78 is 11.3. The molecule has 1 saturated carbocycles. The fraction of sp³-hybridized carbons (Fsp3) is 0.571. The van der Waals surface area contributed by atoms with Gasteiger partial charge in [0.15, 0.2) is 12.2 Å². The second kappa shape index (κ2) is 14.0. The number of β-amino-alcohol motifs (C(OH)–C–C–N with tert-alkyl or cyclic N) is 1. The number of rotatable bonds is 11. The number of aryl methyl sites for hydroxylation is 1. The van der Waals surface area contributed by atoms with Crippen LogP contribution in [0.5, 0.6) is 5.75 Å². The third-order valence-corrected chi connectivity index (χ3v) is 9.53. The summed E-state index contributed by atoms with van der Waals surface area (Å²) in [6.45, 7) is 14.9. The maximum Gasteiger partial charge on any atom is 0.251 e. The van der Waals surface area contributed by atoms with Gasteiger partial charge in [0.25, 0.3) is 5.91 Å². The van der Waals surface area contributed by atoms with Gasteiger partial charge < -0.3 is 29.8 Å². The Morgan fingerprint density at radius 3 is 2.61 bits per heavy atom. The quantitative estimate of drug-likeness (QED) is 0.287. The summed E-state index contributed by atoms with van der Waals surface area (Å²) in [7, 11) is 0. The van der Waals surface area contributed by atoms with E-state index in [9.17, 15) is 9.90 Å². The van der Waals surface area contributed by atoms with E-state index in [1.165, 1.54) is 23.9 Å². The molecular formula is C35H49N7O4. The van der Waals surface area contributed by atoms with Gasteiger partial charge in [0.05, 0.1) is 11.8 Å². The molecule has 0 bridgehead atoms. The minimum absolute atomic E-state index is 0.133. The van der Waals surface area contributed by atoms with Gasteiger partial charge in [0.2, 0.25) is 0 Å². The molecule has 2 aliphatic heterocycles. The van der Waals surface area contributed by atoms with Crippen molar-refractivity contribution in [1.29, 1.82) is 0 Å². The summed E-state index contributed by atoms with van der Waals surface area (Å²) in [4.78, 5) is 29.4. The van der Waals surface area contributed by atoms with Crippen LogP contribution in [0.15, 0.2) is 41.1 Å². The molecule has 4 heterocycles. The van der Waals surface area contributed by atoms with Gasteiger partial charge in [-0.2, -0.15) is 0 Å². The first-order valence-corrected chi connectivity index (χ1v) is 16.7. The Kier molecular flexibility index (Phi) is 9.81. The number of benzene rings is 1. The van der Waals surface area contributed by atoms with Crippen molar-refractivity contribution in [3.63, 3.8) is 0 Å². The van der Waals surface area contributed by atoms with Crippen LogP contribution in [0, 0.1) is 6.92 Å². The number of hydrogen-bond donors (Lipinski definition) is 3. The van der Waals surface area contributed by atoms with Crippen molar-refractivity contribution in [2.75, 3.05) is 56.0 Å². The van der Waals surface area contributed by atoms with Gasteiger partial charge in [-0.15, -0.1) is 0 Å². The Morgan fingerprint density at radius 1 is 1.11 bits per heavy atom. The number of carbonyl (C=O) groups is 1. The van der Waals surface area contributed by atoms with Crippen LogP contribution in [0.4, 0.5) is 11.6 Å². The number of nitrogens with zero attached hydrogens (tertiary/aromatic N) is 5. The smallest absolute Gasteiger partial charge is 0.251 e. The van der Waals surface area contributed by atoms with Crippen molar-refractivity contribution < 1.29 is 19.1 Å². The van der Waals surface area contributed by atoms with Crippen LogP contribution in [-0.4, -0.2) is 94.3 Å². The zero-order valence-electron chi connectivity index (χ0n) is 27.7. The molecule has 6 rings (SSSR count). The first kappa shape index (κ1) is 32.3. The lowest BCUT2D eigenvalue weighted by atomic mass is 9.93. The number of pyridine rings is 1. The number of nitrogens with one attached hydrogen (secondary N) is 2. The summed E-state index contributed by atoms with van der Waals surface area (Å²) in [6.07, 6.45) is 5.10. The number of amides is 1. The average Bonchev–Trinajstić information content (AvgIpc) is 3.44. The molecular weight excluding hydrogens is 582 g/mol. The molecule has 3 N–H and O–H groups in total. The van der Waals surface area contributed by atoms with Crippen molar-refractivity contribution in [2.45, 2.75) is 84.2 Å². The number of carbonyl (C=O) groups excluding carboxylic acids is 1. The lowest BCUT2D eigenvalue weighted by molar-refractivity contribution is 0.0841. The zero-order valence-corrected chi connectivity index (χ0v) is 27.7. The fourth-order valence-corrected chi connectivity index (χ4v) is 6.37. The maximum absolute atomic E-state index is 13.4. The maximum atomic E-state index is 13.4. The number of oxazole rings is 1. The van der Waals surface area contributed by atoms with Crippen molar-refractivity contribution >= 4 is 17.5 Å². The fourth-order valence-electron chi connectivity index (χ4n) is 6.37. The van der Waals surface area contributed by atoms with Gasteiger partial charge in [0, 0.05) is 69.5 Å². The monoisotopic (exact) mass is 631 g/mol. The minimum atomic E-state index is -0.683. The van der Waals surface area contributed by atoms with Crippen molar-refractivity contribution in [3.05, 3.63) is 64.9 Å². The summed E-state index contributed by atoms with van der Waals surface area (Å²) in [5.74, 6) is 2.93. The zero-order chi connectivity index (χ0) is 32.3. The standard InChI is InChI=1S/C35H49N7O4/c1-24-31(46-23-37-24)22-45-30-9-8-26-20-40(11-10-25(26)16-30)21-29(43)19-36-34(44)27-17-32(38-28-6-5-7-28)39-33(18-27)41-12-14-42(15-13-41)35(2,3)4/h8-9,16-18,23,28-29,43H,5-7,10-15,19-22H2,1-4H3,(H,36,44)(H,38,39)/t29-/m0/s1. The predicted molar refractivity (Wildman–Crippen MR) is 178 cm³/mol. The summed E-state index contributed by atoms with van der Waals surface area (Å²) in [5.41, 5.74) is 4.02. The molecule has 2 fully saturated rings. The predicted octanol–water partition coefficient (Wildman–Crippen LogP) is 3.99. The van der Waals surface area contributed by atoms with E-state index in [4.69, 9.17) is 14.1 Å². The molecule has 0 unspecified atom stereocenters. The van der Waals surface area contributed by atoms with Gasteiger partial charge in [-0.05, 0) is 88.8 Å². The average molecular weight is 632 g/mol. The van der Waals surface area contributed by atoms with Crippen LogP contribution >= 0.6 is 0 Å². The first-order valence-electron chi connectivity index (χ1n) is 16.7. The Balaban J connectivity index is 1.02. The van der Waals surface area contributed by atoms with Crippen molar-refractivity contribution in [2.24, 2.45) is 0 Å². The molecule has 11 heteroatoms. The third-order valence-electron chi connectivity index (χ3n) is 9.53. The molecule has 1 amide bonds. The number of aromatic nitrogens is 2. The highest BCUT2D eigenvalue weighted by Crippen LogP contribution is 2.27. The lowest BCUT2D eigenvalue weighted by Gasteiger charge is -2.42. The Hall–Kier alpha value is -3.67. The number of hydrogen-bond acceptors (Lipinski definition) is 10. The molecule has 0 spiro atoms. The van der Waals surface area contributed by atoms with E-state index in [0.29, 0.717) is 24.8 Å². The number of piperazine rings is 1. The number of aliphatic hydroxyl groups excluding tert-OH is 1. The molecule has 1 atom stereocenters. The minimum Gasteiger partial charge on any atom is -0.486 e. The summed E-state index contributed by atoms with van der Waals surface area (Å²) in [6, 6.07) is 10.3. The number of anilines is 2. The van der Waals surface area contributed by atoms with Crippen LogP contribution in [0.3, 0.4) is 0 Å². The van der Waals surface area contributed by atoms with Crippen LogP contribution in [-0.2, 0) is 19.6 Å². The van der Waals surface area contributed by atoms with Gasteiger partial charge in [0.1, 0.15) is 24.0 Å². The van der Waals surface area contributed by atoms with E-state index < -0.39 is 6.10 Å². The van der Waals surface area contributed by atoms with E-state index in [0.717, 1.165) is 87.4 Å². The lowest BCUT2D eigenvalue weighted by Crippen LogP contribution is -2.53. The van der Waals surface area contributed by atoms with E-state index in [-0.39, 0.29) is 18.0 Å². The van der Waals surface area contributed by atoms with Gasteiger partial charge in [-0.25, -0.2) is 9.97 Å².